The minimum Gasteiger partial charge on any atom is -0.249 e. The minimum absolute atomic E-state index is 0.203. The monoisotopic (exact) mass is 211 g/mol. The van der Waals surface area contributed by atoms with Crippen molar-refractivity contribution >= 4 is 11.3 Å². The molecule has 0 aliphatic heterocycles. The van der Waals surface area contributed by atoms with Crippen molar-refractivity contribution < 1.29 is 0 Å². The summed E-state index contributed by atoms with van der Waals surface area (Å²) in [5, 5.41) is 1.26. The van der Waals surface area contributed by atoms with Gasteiger partial charge in [-0.15, -0.1) is 11.3 Å². The lowest BCUT2D eigenvalue weighted by molar-refractivity contribution is 0.585. The van der Waals surface area contributed by atoms with Crippen LogP contribution in [0.3, 0.4) is 0 Å². The molecule has 0 aliphatic rings. The van der Waals surface area contributed by atoms with Gasteiger partial charge in [0.2, 0.25) is 0 Å². The van der Waals surface area contributed by atoms with Crippen molar-refractivity contribution in [1.82, 2.24) is 4.98 Å². The highest BCUT2D eigenvalue weighted by Crippen LogP contribution is 2.32. The Balaban J connectivity index is 2.78. The fraction of sp³-hybridized carbons (Fsp3) is 0.750. The maximum absolute atomic E-state index is 4.51. The average molecular weight is 211 g/mol. The first-order chi connectivity index (χ1) is 6.45. The van der Waals surface area contributed by atoms with Gasteiger partial charge in [0.15, 0.2) is 0 Å². The van der Waals surface area contributed by atoms with E-state index in [2.05, 4.69) is 45.8 Å². The highest BCUT2D eigenvalue weighted by molar-refractivity contribution is 7.11. The van der Waals surface area contributed by atoms with E-state index in [4.69, 9.17) is 0 Å². The van der Waals surface area contributed by atoms with Crippen molar-refractivity contribution in [2.24, 2.45) is 0 Å². The summed E-state index contributed by atoms with van der Waals surface area (Å²) in [5.74, 6) is 0.675. The summed E-state index contributed by atoms with van der Waals surface area (Å²) in [4.78, 5) is 5.95. The first kappa shape index (κ1) is 11.7. The predicted molar refractivity (Wildman–Crippen MR) is 64.1 cm³/mol. The van der Waals surface area contributed by atoms with Crippen LogP contribution < -0.4 is 0 Å². The molecule has 0 aliphatic carbocycles. The van der Waals surface area contributed by atoms with Gasteiger partial charge in [0, 0.05) is 16.5 Å². The molecule has 0 amide bonds. The van der Waals surface area contributed by atoms with Crippen LogP contribution in [0.1, 0.15) is 63.3 Å². The third-order valence-electron chi connectivity index (χ3n) is 2.37. The summed E-state index contributed by atoms with van der Waals surface area (Å²) >= 11 is 1.88. The zero-order valence-corrected chi connectivity index (χ0v) is 10.7. The molecule has 0 saturated heterocycles. The summed E-state index contributed by atoms with van der Waals surface area (Å²) in [5.41, 5.74) is 0.203. The van der Waals surface area contributed by atoms with E-state index >= 15 is 0 Å². The first-order valence-electron chi connectivity index (χ1n) is 5.41. The number of nitrogens with zero attached hydrogens (tertiary/aromatic N) is 1. The van der Waals surface area contributed by atoms with Crippen molar-refractivity contribution in [1.29, 1.82) is 0 Å². The molecule has 1 aromatic heterocycles. The first-order valence-corrected chi connectivity index (χ1v) is 6.23. The molecular formula is C12H21NS. The molecule has 0 aromatic carbocycles. The van der Waals surface area contributed by atoms with Gasteiger partial charge < -0.3 is 0 Å². The fourth-order valence-corrected chi connectivity index (χ4v) is 2.50. The minimum atomic E-state index is 0.203. The van der Waals surface area contributed by atoms with Crippen molar-refractivity contribution in [2.45, 2.75) is 58.8 Å². The molecule has 80 valence electrons. The summed E-state index contributed by atoms with van der Waals surface area (Å²) in [6.45, 7) is 11.2. The molecule has 14 heavy (non-hydrogen) atoms. The van der Waals surface area contributed by atoms with E-state index in [9.17, 15) is 0 Å². The van der Waals surface area contributed by atoms with E-state index in [1.807, 2.05) is 11.3 Å². The Hall–Kier alpha value is -0.370. The highest BCUT2D eigenvalue weighted by Gasteiger charge is 2.19. The van der Waals surface area contributed by atoms with Crippen LogP contribution in [0.2, 0.25) is 0 Å². The van der Waals surface area contributed by atoms with Crippen LogP contribution in [0.5, 0.6) is 0 Å². The molecule has 1 unspecified atom stereocenters. The summed E-state index contributed by atoms with van der Waals surface area (Å²) in [6, 6.07) is 0. The molecule has 0 fully saturated rings. The van der Waals surface area contributed by atoms with E-state index in [0.29, 0.717) is 5.92 Å². The Labute approximate surface area is 91.6 Å². The molecule has 0 saturated carbocycles. The molecule has 2 heteroatoms. The van der Waals surface area contributed by atoms with Crippen LogP contribution in [-0.2, 0) is 5.41 Å². The van der Waals surface area contributed by atoms with E-state index in [0.717, 1.165) is 0 Å². The molecule has 1 rings (SSSR count). The predicted octanol–water partition coefficient (Wildman–Crippen LogP) is 4.34. The zero-order valence-electron chi connectivity index (χ0n) is 9.92. The van der Waals surface area contributed by atoms with Gasteiger partial charge in [-0.1, -0.05) is 41.0 Å². The van der Waals surface area contributed by atoms with E-state index in [1.54, 1.807) is 0 Å². The molecule has 0 radical (unpaired) electrons. The highest BCUT2D eigenvalue weighted by atomic mass is 32.1. The average Bonchev–Trinajstić information content (AvgIpc) is 2.51. The van der Waals surface area contributed by atoms with Crippen molar-refractivity contribution in [3.63, 3.8) is 0 Å². The van der Waals surface area contributed by atoms with Gasteiger partial charge in [-0.05, 0) is 12.3 Å². The number of hydrogen-bond donors (Lipinski definition) is 0. The van der Waals surface area contributed by atoms with Crippen LogP contribution in [0, 0.1) is 0 Å². The number of hydrogen-bond acceptors (Lipinski definition) is 2. The Morgan fingerprint density at radius 2 is 2.07 bits per heavy atom. The molecule has 1 nitrogen and oxygen atoms in total. The lowest BCUT2D eigenvalue weighted by atomic mass is 9.98. The maximum Gasteiger partial charge on any atom is 0.0981 e. The second-order valence-electron chi connectivity index (χ2n) is 5.01. The molecular weight excluding hydrogens is 190 g/mol. The Kier molecular flexibility index (Phi) is 3.71. The van der Waals surface area contributed by atoms with Crippen LogP contribution in [0.4, 0.5) is 0 Å². The van der Waals surface area contributed by atoms with Gasteiger partial charge in [0.1, 0.15) is 0 Å². The molecule has 0 N–H and O–H groups in total. The number of aromatic nitrogens is 1. The van der Waals surface area contributed by atoms with Crippen molar-refractivity contribution in [3.8, 4) is 0 Å². The Bertz CT molecular complexity index is 283. The van der Waals surface area contributed by atoms with Gasteiger partial charge >= 0.3 is 0 Å². The van der Waals surface area contributed by atoms with Crippen LogP contribution in [-0.4, -0.2) is 4.98 Å². The van der Waals surface area contributed by atoms with Gasteiger partial charge in [0.25, 0.3) is 0 Å². The second-order valence-corrected chi connectivity index (χ2v) is 6.07. The molecule has 1 aromatic rings. The standard InChI is InChI=1S/C12H21NS/c1-6-7-9(2)10-8-13-11(14-10)12(3,4)5/h8-9H,6-7H2,1-5H3. The summed E-state index contributed by atoms with van der Waals surface area (Å²) in [6.07, 6.45) is 4.58. The number of rotatable bonds is 3. The van der Waals surface area contributed by atoms with E-state index in [1.165, 1.54) is 22.7 Å². The number of thiazole rings is 1. The molecule has 1 heterocycles. The fourth-order valence-electron chi connectivity index (χ4n) is 1.44. The molecule has 0 bridgehead atoms. The van der Waals surface area contributed by atoms with Gasteiger partial charge in [-0.25, -0.2) is 4.98 Å². The van der Waals surface area contributed by atoms with Gasteiger partial charge in [-0.3, -0.25) is 0 Å². The second kappa shape index (κ2) is 4.43. The quantitative estimate of drug-likeness (QED) is 0.724. The smallest absolute Gasteiger partial charge is 0.0981 e. The third-order valence-corrected chi connectivity index (χ3v) is 4.03. The SMILES string of the molecule is CCCC(C)c1cnc(C(C)(C)C)s1. The Morgan fingerprint density at radius 3 is 2.50 bits per heavy atom. The summed E-state index contributed by atoms with van der Waals surface area (Å²) in [7, 11) is 0. The van der Waals surface area contributed by atoms with Gasteiger partial charge in [-0.2, -0.15) is 0 Å². The molecule has 1 atom stereocenters. The topological polar surface area (TPSA) is 12.9 Å². The largest absolute Gasteiger partial charge is 0.249 e. The Morgan fingerprint density at radius 1 is 1.43 bits per heavy atom. The van der Waals surface area contributed by atoms with Crippen molar-refractivity contribution in [3.05, 3.63) is 16.1 Å². The third kappa shape index (κ3) is 2.81. The van der Waals surface area contributed by atoms with E-state index < -0.39 is 0 Å². The molecule has 0 spiro atoms. The van der Waals surface area contributed by atoms with Crippen LogP contribution in [0.15, 0.2) is 6.20 Å². The van der Waals surface area contributed by atoms with Gasteiger partial charge in [0.05, 0.1) is 5.01 Å². The lowest BCUT2D eigenvalue weighted by Crippen LogP contribution is -2.09. The van der Waals surface area contributed by atoms with E-state index in [-0.39, 0.29) is 5.41 Å². The van der Waals surface area contributed by atoms with Crippen LogP contribution >= 0.6 is 11.3 Å². The zero-order chi connectivity index (χ0) is 10.8. The normalized spacial score (nSPS) is 14.4. The van der Waals surface area contributed by atoms with Crippen molar-refractivity contribution in [2.75, 3.05) is 0 Å². The summed E-state index contributed by atoms with van der Waals surface area (Å²) < 4.78 is 0. The maximum atomic E-state index is 4.51. The van der Waals surface area contributed by atoms with Crippen LogP contribution in [0.25, 0.3) is 0 Å². The lowest BCUT2D eigenvalue weighted by Gasteiger charge is -2.13.